The maximum atomic E-state index is 12.6. The number of benzene rings is 1. The maximum absolute atomic E-state index is 12.6. The molecular formula is C19H22N2O5. The second-order valence-electron chi connectivity index (χ2n) is 6.38. The van der Waals surface area contributed by atoms with Crippen molar-refractivity contribution in [2.24, 2.45) is 0 Å². The summed E-state index contributed by atoms with van der Waals surface area (Å²) >= 11 is 0. The van der Waals surface area contributed by atoms with Crippen molar-refractivity contribution >= 4 is 11.9 Å². The van der Waals surface area contributed by atoms with Gasteiger partial charge in [0.15, 0.2) is 6.61 Å². The number of methoxy groups -OCH3 is 1. The first-order chi connectivity index (χ1) is 12.5. The number of aryl methyl sites for hydroxylation is 2. The van der Waals surface area contributed by atoms with Crippen LogP contribution in [0.4, 0.5) is 0 Å². The molecule has 1 fully saturated rings. The highest BCUT2D eigenvalue weighted by Gasteiger charge is 2.33. The molecule has 0 atom stereocenters. The van der Waals surface area contributed by atoms with Crippen LogP contribution in [0.2, 0.25) is 0 Å². The summed E-state index contributed by atoms with van der Waals surface area (Å²) in [5.41, 5.74) is 1.74. The molecule has 0 N–H and O–H groups in total. The fourth-order valence-electron chi connectivity index (χ4n) is 2.79. The summed E-state index contributed by atoms with van der Waals surface area (Å²) < 4.78 is 15.3. The number of rotatable bonds is 7. The van der Waals surface area contributed by atoms with Crippen molar-refractivity contribution in [2.75, 3.05) is 13.7 Å². The number of carbonyl (C=O) groups is 2. The van der Waals surface area contributed by atoms with Crippen LogP contribution in [0.15, 0.2) is 28.8 Å². The van der Waals surface area contributed by atoms with Gasteiger partial charge in [-0.2, -0.15) is 0 Å². The summed E-state index contributed by atoms with van der Waals surface area (Å²) in [6.45, 7) is 3.49. The van der Waals surface area contributed by atoms with Crippen LogP contribution in [0, 0.1) is 13.8 Å². The van der Waals surface area contributed by atoms with Crippen LogP contribution in [-0.2, 0) is 16.1 Å². The molecule has 1 heterocycles. The molecule has 3 rings (SSSR count). The van der Waals surface area contributed by atoms with Crippen molar-refractivity contribution in [2.45, 2.75) is 39.3 Å². The third-order valence-corrected chi connectivity index (χ3v) is 4.38. The van der Waals surface area contributed by atoms with E-state index in [0.717, 1.165) is 24.2 Å². The SMILES string of the molecule is COc1ccc(CN(C(=O)COC(=O)c2c(C)noc2C)C2CC2)cc1. The van der Waals surface area contributed by atoms with Crippen LogP contribution in [0.25, 0.3) is 0 Å². The number of aromatic nitrogens is 1. The largest absolute Gasteiger partial charge is 0.497 e. The number of ether oxygens (including phenoxy) is 2. The van der Waals surface area contributed by atoms with Crippen LogP contribution < -0.4 is 4.74 Å². The Morgan fingerprint density at radius 3 is 2.46 bits per heavy atom. The van der Waals surface area contributed by atoms with E-state index in [0.29, 0.717) is 18.0 Å². The number of esters is 1. The van der Waals surface area contributed by atoms with E-state index in [1.165, 1.54) is 0 Å². The Hall–Kier alpha value is -2.83. The van der Waals surface area contributed by atoms with Gasteiger partial charge in [0.05, 0.1) is 12.8 Å². The van der Waals surface area contributed by atoms with E-state index < -0.39 is 5.97 Å². The standard InChI is InChI=1S/C19H22N2O5/c1-12-18(13(2)26-20-12)19(23)25-11-17(22)21(15-6-7-15)10-14-4-8-16(24-3)9-5-14/h4-5,8-9,15H,6-7,10-11H2,1-3H3. The number of nitrogens with zero attached hydrogens (tertiary/aromatic N) is 2. The van der Waals surface area contributed by atoms with Gasteiger partial charge < -0.3 is 18.9 Å². The van der Waals surface area contributed by atoms with Gasteiger partial charge in [-0.15, -0.1) is 0 Å². The highest BCUT2D eigenvalue weighted by atomic mass is 16.5. The Kier molecular flexibility index (Phi) is 5.25. The molecule has 1 amide bonds. The van der Waals surface area contributed by atoms with Crippen molar-refractivity contribution in [3.63, 3.8) is 0 Å². The molecule has 0 spiro atoms. The van der Waals surface area contributed by atoms with Crippen LogP contribution in [0.1, 0.15) is 40.2 Å². The predicted molar refractivity (Wildman–Crippen MR) is 92.8 cm³/mol. The minimum atomic E-state index is -0.588. The molecule has 0 radical (unpaired) electrons. The number of hydrogen-bond acceptors (Lipinski definition) is 6. The Morgan fingerprint density at radius 2 is 1.92 bits per heavy atom. The molecule has 1 aromatic carbocycles. The fourth-order valence-corrected chi connectivity index (χ4v) is 2.79. The van der Waals surface area contributed by atoms with E-state index in [1.54, 1.807) is 25.9 Å². The lowest BCUT2D eigenvalue weighted by Gasteiger charge is -2.22. The number of carbonyl (C=O) groups excluding carboxylic acids is 2. The van der Waals surface area contributed by atoms with Gasteiger partial charge in [0.1, 0.15) is 17.1 Å². The summed E-state index contributed by atoms with van der Waals surface area (Å²) in [7, 11) is 1.61. The molecule has 26 heavy (non-hydrogen) atoms. The van der Waals surface area contributed by atoms with Crippen molar-refractivity contribution in [3.05, 3.63) is 46.8 Å². The van der Waals surface area contributed by atoms with Crippen molar-refractivity contribution in [1.82, 2.24) is 10.1 Å². The summed E-state index contributed by atoms with van der Waals surface area (Å²) in [5, 5.41) is 3.73. The second-order valence-corrected chi connectivity index (χ2v) is 6.38. The molecule has 1 aliphatic carbocycles. The van der Waals surface area contributed by atoms with E-state index in [1.807, 2.05) is 24.3 Å². The molecule has 0 unspecified atom stereocenters. The molecule has 0 saturated heterocycles. The third kappa shape index (κ3) is 4.04. The zero-order valence-corrected chi connectivity index (χ0v) is 15.2. The predicted octanol–water partition coefficient (Wildman–Crippen LogP) is 2.65. The Balaban J connectivity index is 1.61. The average molecular weight is 358 g/mol. The first kappa shape index (κ1) is 18.0. The van der Waals surface area contributed by atoms with Gasteiger partial charge in [-0.3, -0.25) is 4.79 Å². The second kappa shape index (κ2) is 7.59. The molecule has 138 valence electrons. The summed E-state index contributed by atoms with van der Waals surface area (Å²) in [4.78, 5) is 26.5. The highest BCUT2D eigenvalue weighted by Crippen LogP contribution is 2.29. The van der Waals surface area contributed by atoms with E-state index in [2.05, 4.69) is 5.16 Å². The zero-order valence-electron chi connectivity index (χ0n) is 15.2. The lowest BCUT2D eigenvalue weighted by molar-refractivity contribution is -0.135. The number of hydrogen-bond donors (Lipinski definition) is 0. The van der Waals surface area contributed by atoms with Gasteiger partial charge in [-0.1, -0.05) is 17.3 Å². The Labute approximate surface area is 151 Å². The van der Waals surface area contributed by atoms with Gasteiger partial charge in [0.2, 0.25) is 0 Å². The summed E-state index contributed by atoms with van der Waals surface area (Å²) in [6, 6.07) is 7.79. The Bertz CT molecular complexity index is 773. The molecule has 1 saturated carbocycles. The molecule has 0 bridgehead atoms. The fraction of sp³-hybridized carbons (Fsp3) is 0.421. The third-order valence-electron chi connectivity index (χ3n) is 4.38. The van der Waals surface area contributed by atoms with Gasteiger partial charge >= 0.3 is 5.97 Å². The van der Waals surface area contributed by atoms with E-state index in [4.69, 9.17) is 14.0 Å². The molecule has 2 aromatic rings. The normalized spacial score (nSPS) is 13.3. The minimum absolute atomic E-state index is 0.205. The minimum Gasteiger partial charge on any atom is -0.497 e. The van der Waals surface area contributed by atoms with E-state index in [-0.39, 0.29) is 24.1 Å². The lowest BCUT2D eigenvalue weighted by Crippen LogP contribution is -2.36. The Morgan fingerprint density at radius 1 is 1.23 bits per heavy atom. The van der Waals surface area contributed by atoms with Gasteiger partial charge in [-0.25, -0.2) is 4.79 Å². The molecular weight excluding hydrogens is 336 g/mol. The first-order valence-corrected chi connectivity index (χ1v) is 8.52. The van der Waals surface area contributed by atoms with Crippen molar-refractivity contribution in [1.29, 1.82) is 0 Å². The van der Waals surface area contributed by atoms with Crippen molar-refractivity contribution < 1.29 is 23.6 Å². The van der Waals surface area contributed by atoms with E-state index >= 15 is 0 Å². The van der Waals surface area contributed by atoms with Gasteiger partial charge in [0.25, 0.3) is 5.91 Å². The topological polar surface area (TPSA) is 81.9 Å². The van der Waals surface area contributed by atoms with Gasteiger partial charge in [0, 0.05) is 12.6 Å². The number of amides is 1. The van der Waals surface area contributed by atoms with Crippen LogP contribution in [0.5, 0.6) is 5.75 Å². The van der Waals surface area contributed by atoms with Crippen LogP contribution in [0.3, 0.4) is 0 Å². The molecule has 1 aliphatic rings. The molecule has 7 heteroatoms. The van der Waals surface area contributed by atoms with Crippen LogP contribution >= 0.6 is 0 Å². The average Bonchev–Trinajstić information content (AvgIpc) is 3.42. The molecule has 7 nitrogen and oxygen atoms in total. The van der Waals surface area contributed by atoms with Gasteiger partial charge in [-0.05, 0) is 44.4 Å². The maximum Gasteiger partial charge on any atom is 0.344 e. The lowest BCUT2D eigenvalue weighted by atomic mass is 10.2. The summed E-state index contributed by atoms with van der Waals surface area (Å²) in [6.07, 6.45) is 1.94. The smallest absolute Gasteiger partial charge is 0.344 e. The first-order valence-electron chi connectivity index (χ1n) is 8.52. The molecule has 0 aliphatic heterocycles. The van der Waals surface area contributed by atoms with Crippen LogP contribution in [-0.4, -0.2) is 41.7 Å². The monoisotopic (exact) mass is 358 g/mol. The van der Waals surface area contributed by atoms with E-state index in [9.17, 15) is 9.59 Å². The summed E-state index contributed by atoms with van der Waals surface area (Å²) in [5.74, 6) is 0.363. The zero-order chi connectivity index (χ0) is 18.7. The quantitative estimate of drug-likeness (QED) is 0.708. The molecule has 1 aromatic heterocycles. The highest BCUT2D eigenvalue weighted by molar-refractivity contribution is 5.93. The van der Waals surface area contributed by atoms with Crippen molar-refractivity contribution in [3.8, 4) is 5.75 Å².